The lowest BCUT2D eigenvalue weighted by Gasteiger charge is -2.20. The predicted octanol–water partition coefficient (Wildman–Crippen LogP) is 4.37. The fraction of sp³-hybridized carbons (Fsp3) is 0.130. The van der Waals surface area contributed by atoms with Gasteiger partial charge in [-0.05, 0) is 35.4 Å². The maximum atomic E-state index is 13.1. The van der Waals surface area contributed by atoms with Crippen molar-refractivity contribution < 1.29 is 13.2 Å². The SMILES string of the molecule is Cl.[C-]#[N+]c1ccc(CC(=O)c2cccc(S(=O)(=O)N(C)c3ccc(CN)cc3)c2)cc1. The molecule has 0 amide bonds. The second-order valence-corrected chi connectivity index (χ2v) is 8.72. The fourth-order valence-electron chi connectivity index (χ4n) is 2.94. The van der Waals surface area contributed by atoms with Crippen molar-refractivity contribution in [3.63, 3.8) is 0 Å². The average molecular weight is 456 g/mol. The quantitative estimate of drug-likeness (QED) is 0.423. The summed E-state index contributed by atoms with van der Waals surface area (Å²) < 4.78 is 27.3. The van der Waals surface area contributed by atoms with Crippen molar-refractivity contribution in [2.75, 3.05) is 11.4 Å². The Balaban J connectivity index is 0.00000341. The minimum atomic E-state index is -3.83. The smallest absolute Gasteiger partial charge is 0.264 e. The van der Waals surface area contributed by atoms with Gasteiger partial charge in [0.15, 0.2) is 11.5 Å². The Morgan fingerprint density at radius 1 is 1.00 bits per heavy atom. The van der Waals surface area contributed by atoms with Crippen LogP contribution in [0.3, 0.4) is 0 Å². The fourth-order valence-corrected chi connectivity index (χ4v) is 4.19. The van der Waals surface area contributed by atoms with Gasteiger partial charge in [-0.1, -0.05) is 48.5 Å². The molecule has 160 valence electrons. The molecule has 0 aliphatic rings. The van der Waals surface area contributed by atoms with Gasteiger partial charge in [0, 0.05) is 25.6 Å². The highest BCUT2D eigenvalue weighted by Gasteiger charge is 2.22. The molecule has 0 aromatic heterocycles. The number of anilines is 1. The van der Waals surface area contributed by atoms with Crippen LogP contribution in [-0.4, -0.2) is 21.2 Å². The lowest BCUT2D eigenvalue weighted by Crippen LogP contribution is -2.26. The number of rotatable bonds is 7. The molecule has 3 aromatic carbocycles. The number of Topliss-reactive ketones (excluding diaryl/α,β-unsaturated/α-hetero) is 1. The van der Waals surface area contributed by atoms with Crippen LogP contribution in [0.15, 0.2) is 77.7 Å². The van der Waals surface area contributed by atoms with Crippen molar-refractivity contribution in [3.05, 3.63) is 101 Å². The Kier molecular flexibility index (Phi) is 7.95. The molecule has 0 bridgehead atoms. The third-order valence-electron chi connectivity index (χ3n) is 4.78. The van der Waals surface area contributed by atoms with Crippen LogP contribution in [0.5, 0.6) is 0 Å². The first-order valence-corrected chi connectivity index (χ1v) is 10.7. The zero-order valence-corrected chi connectivity index (χ0v) is 18.5. The summed E-state index contributed by atoms with van der Waals surface area (Å²) >= 11 is 0. The van der Waals surface area contributed by atoms with Gasteiger partial charge in [0.1, 0.15) is 0 Å². The van der Waals surface area contributed by atoms with E-state index < -0.39 is 10.0 Å². The molecule has 3 aromatic rings. The van der Waals surface area contributed by atoms with E-state index in [0.29, 0.717) is 23.5 Å². The predicted molar refractivity (Wildman–Crippen MR) is 124 cm³/mol. The highest BCUT2D eigenvalue weighted by Crippen LogP contribution is 2.24. The van der Waals surface area contributed by atoms with Crippen molar-refractivity contribution in [3.8, 4) is 0 Å². The maximum absolute atomic E-state index is 13.1. The first-order valence-electron chi connectivity index (χ1n) is 9.23. The van der Waals surface area contributed by atoms with Crippen LogP contribution in [0.4, 0.5) is 11.4 Å². The van der Waals surface area contributed by atoms with Gasteiger partial charge in [0.05, 0.1) is 17.2 Å². The van der Waals surface area contributed by atoms with Gasteiger partial charge in [-0.3, -0.25) is 9.10 Å². The number of carbonyl (C=O) groups is 1. The van der Waals surface area contributed by atoms with Crippen molar-refractivity contribution in [1.29, 1.82) is 0 Å². The van der Waals surface area contributed by atoms with Crippen molar-refractivity contribution in [1.82, 2.24) is 0 Å². The summed E-state index contributed by atoms with van der Waals surface area (Å²) in [6.45, 7) is 7.36. The van der Waals surface area contributed by atoms with Gasteiger partial charge >= 0.3 is 0 Å². The molecule has 0 radical (unpaired) electrons. The Labute approximate surface area is 188 Å². The van der Waals surface area contributed by atoms with E-state index in [4.69, 9.17) is 12.3 Å². The van der Waals surface area contributed by atoms with Gasteiger partial charge in [-0.25, -0.2) is 13.3 Å². The number of sulfonamides is 1. The summed E-state index contributed by atoms with van der Waals surface area (Å²) in [4.78, 5) is 16.0. The Morgan fingerprint density at radius 3 is 2.19 bits per heavy atom. The van der Waals surface area contributed by atoms with Crippen LogP contribution in [0.1, 0.15) is 21.5 Å². The van der Waals surface area contributed by atoms with E-state index in [9.17, 15) is 13.2 Å². The van der Waals surface area contributed by atoms with Gasteiger partial charge in [0.25, 0.3) is 10.0 Å². The summed E-state index contributed by atoms with van der Waals surface area (Å²) in [5.74, 6) is -0.197. The maximum Gasteiger partial charge on any atom is 0.264 e. The highest BCUT2D eigenvalue weighted by atomic mass is 35.5. The molecule has 0 spiro atoms. The molecule has 0 aliphatic heterocycles. The Bertz CT molecular complexity index is 1200. The molecular weight excluding hydrogens is 434 g/mol. The second-order valence-electron chi connectivity index (χ2n) is 6.75. The standard InChI is InChI=1S/C23H21N3O3S.ClH/c1-25-20-10-6-17(7-11-20)14-23(27)19-4-3-5-22(15-19)30(28,29)26(2)21-12-8-18(16-24)9-13-21;/h3-13,15H,14,16,24H2,2H3;1H. The van der Waals surface area contributed by atoms with Crippen LogP contribution >= 0.6 is 12.4 Å². The number of nitrogens with zero attached hydrogens (tertiary/aromatic N) is 2. The average Bonchev–Trinajstić information content (AvgIpc) is 2.79. The minimum Gasteiger partial charge on any atom is -0.326 e. The third-order valence-corrected chi connectivity index (χ3v) is 6.56. The molecule has 0 atom stereocenters. The number of hydrogen-bond donors (Lipinski definition) is 1. The summed E-state index contributed by atoms with van der Waals surface area (Å²) in [5.41, 5.74) is 8.58. The number of benzene rings is 3. The molecule has 31 heavy (non-hydrogen) atoms. The van der Waals surface area contributed by atoms with Crippen molar-refractivity contribution >= 4 is 39.6 Å². The first kappa shape index (κ1) is 24.1. The number of ketones is 1. The summed E-state index contributed by atoms with van der Waals surface area (Å²) in [6, 6.07) is 19.7. The molecule has 0 aliphatic carbocycles. The second kappa shape index (κ2) is 10.2. The van der Waals surface area contributed by atoms with Crippen LogP contribution in [0, 0.1) is 6.57 Å². The van der Waals surface area contributed by atoms with Crippen LogP contribution < -0.4 is 10.0 Å². The normalized spacial score (nSPS) is 10.6. The van der Waals surface area contributed by atoms with Crippen molar-refractivity contribution in [2.24, 2.45) is 5.73 Å². The van der Waals surface area contributed by atoms with Crippen LogP contribution in [0.2, 0.25) is 0 Å². The lowest BCUT2D eigenvalue weighted by atomic mass is 10.0. The van der Waals surface area contributed by atoms with Crippen molar-refractivity contribution in [2.45, 2.75) is 17.9 Å². The first-order chi connectivity index (χ1) is 14.3. The van der Waals surface area contributed by atoms with Gasteiger partial charge < -0.3 is 5.73 Å². The number of hydrogen-bond acceptors (Lipinski definition) is 4. The van der Waals surface area contributed by atoms with E-state index in [1.165, 1.54) is 23.5 Å². The zero-order valence-electron chi connectivity index (χ0n) is 16.9. The van der Waals surface area contributed by atoms with E-state index in [1.54, 1.807) is 60.7 Å². The van der Waals surface area contributed by atoms with Crippen LogP contribution in [0.25, 0.3) is 4.85 Å². The Morgan fingerprint density at radius 2 is 1.61 bits per heavy atom. The monoisotopic (exact) mass is 455 g/mol. The Hall–Kier alpha value is -3.18. The topological polar surface area (TPSA) is 84.8 Å². The van der Waals surface area contributed by atoms with E-state index in [2.05, 4.69) is 4.85 Å². The van der Waals surface area contributed by atoms with E-state index in [-0.39, 0.29) is 29.5 Å². The molecule has 2 N–H and O–H groups in total. The van der Waals surface area contributed by atoms with Gasteiger partial charge in [0.2, 0.25) is 0 Å². The molecule has 0 fully saturated rings. The third kappa shape index (κ3) is 5.50. The number of halogens is 1. The summed E-state index contributed by atoms with van der Waals surface area (Å²) in [6.07, 6.45) is 0.123. The van der Waals surface area contributed by atoms with Crippen LogP contribution in [-0.2, 0) is 23.0 Å². The van der Waals surface area contributed by atoms with E-state index in [1.807, 2.05) is 0 Å². The van der Waals surface area contributed by atoms with E-state index >= 15 is 0 Å². The number of nitrogens with two attached hydrogens (primary N) is 1. The number of carbonyl (C=O) groups excluding carboxylic acids is 1. The van der Waals surface area contributed by atoms with E-state index in [0.717, 1.165) is 11.1 Å². The molecular formula is C23H22ClN3O3S. The molecule has 3 rings (SSSR count). The molecule has 0 heterocycles. The highest BCUT2D eigenvalue weighted by molar-refractivity contribution is 7.92. The lowest BCUT2D eigenvalue weighted by molar-refractivity contribution is 0.0993. The minimum absolute atomic E-state index is 0. The summed E-state index contributed by atoms with van der Waals surface area (Å²) in [5, 5.41) is 0. The molecule has 0 saturated heterocycles. The molecule has 8 heteroatoms. The van der Waals surface area contributed by atoms with Gasteiger partial charge in [-0.15, -0.1) is 12.4 Å². The summed E-state index contributed by atoms with van der Waals surface area (Å²) in [7, 11) is -2.36. The molecule has 0 saturated carbocycles. The molecule has 0 unspecified atom stereocenters. The van der Waals surface area contributed by atoms with Gasteiger partial charge in [-0.2, -0.15) is 0 Å². The zero-order chi connectivity index (χ0) is 21.7. The largest absolute Gasteiger partial charge is 0.326 e. The molecule has 6 nitrogen and oxygen atoms in total.